The molecule has 22 heavy (non-hydrogen) atoms. The molecule has 4 nitrogen and oxygen atoms in total. The standard InChI is InChI=1S/C18H18O4/c1-12-4-9-17(13(2)10-12)21-11-18(20)22-16-7-5-15(6-8-16)14(3)19/h4-10H,11H2,1-3H3. The Morgan fingerprint density at radius 1 is 1.00 bits per heavy atom. The van der Waals surface area contributed by atoms with Gasteiger partial charge in [-0.25, -0.2) is 4.79 Å². The van der Waals surface area contributed by atoms with Gasteiger partial charge in [-0.2, -0.15) is 0 Å². The number of Topliss-reactive ketones (excluding diaryl/α,β-unsaturated/α-hetero) is 1. The van der Waals surface area contributed by atoms with E-state index in [0.29, 0.717) is 17.1 Å². The van der Waals surface area contributed by atoms with E-state index in [2.05, 4.69) is 0 Å². The molecule has 0 unspecified atom stereocenters. The molecule has 0 radical (unpaired) electrons. The van der Waals surface area contributed by atoms with Crippen molar-refractivity contribution in [3.63, 3.8) is 0 Å². The fourth-order valence-corrected chi connectivity index (χ4v) is 2.02. The number of aryl methyl sites for hydroxylation is 2. The van der Waals surface area contributed by atoms with Crippen molar-refractivity contribution in [2.75, 3.05) is 6.61 Å². The number of carbonyl (C=O) groups is 2. The highest BCUT2D eigenvalue weighted by Crippen LogP contribution is 2.19. The molecule has 0 heterocycles. The van der Waals surface area contributed by atoms with Crippen LogP contribution in [0, 0.1) is 13.8 Å². The lowest BCUT2D eigenvalue weighted by Gasteiger charge is -2.09. The molecule has 0 atom stereocenters. The number of hydrogen-bond donors (Lipinski definition) is 0. The number of ether oxygens (including phenoxy) is 2. The average Bonchev–Trinajstić information content (AvgIpc) is 2.47. The van der Waals surface area contributed by atoms with Gasteiger partial charge in [-0.15, -0.1) is 0 Å². The van der Waals surface area contributed by atoms with E-state index < -0.39 is 5.97 Å². The second-order valence-electron chi connectivity index (χ2n) is 5.11. The maximum atomic E-state index is 11.8. The normalized spacial score (nSPS) is 10.1. The van der Waals surface area contributed by atoms with E-state index in [1.807, 2.05) is 32.0 Å². The van der Waals surface area contributed by atoms with Gasteiger partial charge >= 0.3 is 5.97 Å². The third kappa shape index (κ3) is 4.19. The lowest BCUT2D eigenvalue weighted by atomic mass is 10.1. The largest absolute Gasteiger partial charge is 0.482 e. The van der Waals surface area contributed by atoms with Gasteiger partial charge in [0.05, 0.1) is 0 Å². The van der Waals surface area contributed by atoms with Gasteiger partial charge in [-0.3, -0.25) is 4.79 Å². The van der Waals surface area contributed by atoms with Crippen LogP contribution in [-0.4, -0.2) is 18.4 Å². The molecule has 2 aromatic rings. The Bertz CT molecular complexity index is 687. The summed E-state index contributed by atoms with van der Waals surface area (Å²) in [4.78, 5) is 22.9. The molecule has 0 N–H and O–H groups in total. The van der Waals surface area contributed by atoms with E-state index in [9.17, 15) is 9.59 Å². The van der Waals surface area contributed by atoms with Crippen molar-refractivity contribution in [2.24, 2.45) is 0 Å². The highest BCUT2D eigenvalue weighted by molar-refractivity contribution is 5.94. The molecule has 2 rings (SSSR count). The molecule has 0 saturated heterocycles. The molecule has 0 fully saturated rings. The summed E-state index contributed by atoms with van der Waals surface area (Å²) < 4.78 is 10.6. The van der Waals surface area contributed by atoms with Gasteiger partial charge in [0.1, 0.15) is 11.5 Å². The summed E-state index contributed by atoms with van der Waals surface area (Å²) in [6.07, 6.45) is 0. The van der Waals surface area contributed by atoms with Crippen LogP contribution in [0.2, 0.25) is 0 Å². The van der Waals surface area contributed by atoms with E-state index >= 15 is 0 Å². The SMILES string of the molecule is CC(=O)c1ccc(OC(=O)COc2ccc(C)cc2C)cc1. The predicted molar refractivity (Wildman–Crippen MR) is 83.5 cm³/mol. The van der Waals surface area contributed by atoms with Gasteiger partial charge in [0.25, 0.3) is 0 Å². The summed E-state index contributed by atoms with van der Waals surface area (Å²) in [6.45, 7) is 5.24. The van der Waals surface area contributed by atoms with Crippen LogP contribution in [0.3, 0.4) is 0 Å². The number of carbonyl (C=O) groups excluding carboxylic acids is 2. The highest BCUT2D eigenvalue weighted by Gasteiger charge is 2.08. The number of esters is 1. The summed E-state index contributed by atoms with van der Waals surface area (Å²) in [7, 11) is 0. The number of ketones is 1. The number of rotatable bonds is 5. The second-order valence-corrected chi connectivity index (χ2v) is 5.11. The predicted octanol–water partition coefficient (Wildman–Crippen LogP) is 3.49. The molecule has 0 aliphatic carbocycles. The van der Waals surface area contributed by atoms with Crippen molar-refractivity contribution in [3.8, 4) is 11.5 Å². The zero-order chi connectivity index (χ0) is 16.1. The first kappa shape index (κ1) is 15.8. The van der Waals surface area contributed by atoms with Gasteiger partial charge in [0, 0.05) is 5.56 Å². The monoisotopic (exact) mass is 298 g/mol. The van der Waals surface area contributed by atoms with Crippen LogP contribution in [0.15, 0.2) is 42.5 Å². The van der Waals surface area contributed by atoms with Crippen molar-refractivity contribution in [1.82, 2.24) is 0 Å². The Kier molecular flexibility index (Phi) is 4.94. The van der Waals surface area contributed by atoms with Crippen molar-refractivity contribution < 1.29 is 19.1 Å². The highest BCUT2D eigenvalue weighted by atomic mass is 16.6. The lowest BCUT2D eigenvalue weighted by Crippen LogP contribution is -2.18. The molecule has 0 amide bonds. The van der Waals surface area contributed by atoms with Crippen LogP contribution >= 0.6 is 0 Å². The van der Waals surface area contributed by atoms with Crippen LogP contribution in [-0.2, 0) is 4.79 Å². The Morgan fingerprint density at radius 3 is 2.27 bits per heavy atom. The van der Waals surface area contributed by atoms with Crippen LogP contribution < -0.4 is 9.47 Å². The van der Waals surface area contributed by atoms with Crippen LogP contribution in [0.4, 0.5) is 0 Å². The molecular formula is C18H18O4. The Labute approximate surface area is 129 Å². The van der Waals surface area contributed by atoms with E-state index in [-0.39, 0.29) is 12.4 Å². The van der Waals surface area contributed by atoms with Crippen molar-refractivity contribution >= 4 is 11.8 Å². The van der Waals surface area contributed by atoms with E-state index in [0.717, 1.165) is 11.1 Å². The van der Waals surface area contributed by atoms with E-state index in [1.54, 1.807) is 24.3 Å². The van der Waals surface area contributed by atoms with Gasteiger partial charge in [-0.05, 0) is 56.7 Å². The summed E-state index contributed by atoms with van der Waals surface area (Å²) in [5.74, 6) is 0.528. The molecule has 4 heteroatoms. The summed E-state index contributed by atoms with van der Waals surface area (Å²) >= 11 is 0. The minimum atomic E-state index is -0.490. The van der Waals surface area contributed by atoms with Crippen LogP contribution in [0.1, 0.15) is 28.4 Å². The molecule has 0 bridgehead atoms. The first-order valence-electron chi connectivity index (χ1n) is 6.97. The van der Waals surface area contributed by atoms with Gasteiger partial charge in [-0.1, -0.05) is 17.7 Å². The average molecular weight is 298 g/mol. The molecule has 0 aliphatic heterocycles. The molecule has 114 valence electrons. The van der Waals surface area contributed by atoms with Crippen LogP contribution in [0.25, 0.3) is 0 Å². The molecule has 0 aliphatic rings. The first-order valence-corrected chi connectivity index (χ1v) is 6.97. The smallest absolute Gasteiger partial charge is 0.349 e. The molecule has 0 aromatic heterocycles. The zero-order valence-electron chi connectivity index (χ0n) is 12.9. The van der Waals surface area contributed by atoms with Crippen molar-refractivity contribution in [2.45, 2.75) is 20.8 Å². The lowest BCUT2D eigenvalue weighted by molar-refractivity contribution is -0.136. The molecule has 2 aromatic carbocycles. The number of hydrogen-bond acceptors (Lipinski definition) is 4. The zero-order valence-corrected chi connectivity index (χ0v) is 12.9. The maximum Gasteiger partial charge on any atom is 0.349 e. The second kappa shape index (κ2) is 6.89. The quantitative estimate of drug-likeness (QED) is 0.481. The van der Waals surface area contributed by atoms with Crippen molar-refractivity contribution in [1.29, 1.82) is 0 Å². The van der Waals surface area contributed by atoms with Gasteiger partial charge in [0.2, 0.25) is 0 Å². The Morgan fingerprint density at radius 2 is 1.68 bits per heavy atom. The minimum absolute atomic E-state index is 0.0314. The maximum absolute atomic E-state index is 11.8. The first-order chi connectivity index (χ1) is 10.5. The fraction of sp³-hybridized carbons (Fsp3) is 0.222. The third-order valence-corrected chi connectivity index (χ3v) is 3.17. The molecular weight excluding hydrogens is 280 g/mol. The summed E-state index contributed by atoms with van der Waals surface area (Å²) in [6, 6.07) is 12.2. The topological polar surface area (TPSA) is 52.6 Å². The van der Waals surface area contributed by atoms with Gasteiger partial charge < -0.3 is 9.47 Å². The van der Waals surface area contributed by atoms with Crippen LogP contribution in [0.5, 0.6) is 11.5 Å². The van der Waals surface area contributed by atoms with Crippen molar-refractivity contribution in [3.05, 3.63) is 59.2 Å². The number of benzene rings is 2. The fourth-order valence-electron chi connectivity index (χ4n) is 2.02. The third-order valence-electron chi connectivity index (χ3n) is 3.17. The van der Waals surface area contributed by atoms with E-state index in [1.165, 1.54) is 6.92 Å². The minimum Gasteiger partial charge on any atom is -0.482 e. The molecule has 0 spiro atoms. The Hall–Kier alpha value is -2.62. The van der Waals surface area contributed by atoms with E-state index in [4.69, 9.17) is 9.47 Å². The summed E-state index contributed by atoms with van der Waals surface area (Å²) in [5, 5.41) is 0. The molecule has 0 saturated carbocycles. The van der Waals surface area contributed by atoms with Gasteiger partial charge in [0.15, 0.2) is 12.4 Å². The summed E-state index contributed by atoms with van der Waals surface area (Å²) in [5.41, 5.74) is 2.68. The Balaban J connectivity index is 1.91.